The van der Waals surface area contributed by atoms with Crippen molar-refractivity contribution in [1.29, 1.82) is 0 Å². The van der Waals surface area contributed by atoms with E-state index in [1.165, 1.54) is 0 Å². The predicted octanol–water partition coefficient (Wildman–Crippen LogP) is 1.94. The van der Waals surface area contributed by atoms with Gasteiger partial charge in [-0.1, -0.05) is 0 Å². The Morgan fingerprint density at radius 2 is 1.81 bits per heavy atom. The van der Waals surface area contributed by atoms with Gasteiger partial charge in [-0.3, -0.25) is 9.59 Å². The first-order valence-corrected chi connectivity index (χ1v) is 10.0. The molecular weight excluding hydrogens is 342 g/mol. The number of carbonyl (C=O) groups excluding carboxylic acids is 2. The molecule has 0 aromatic heterocycles. The van der Waals surface area contributed by atoms with Crippen molar-refractivity contribution in [2.24, 2.45) is 5.41 Å². The zero-order chi connectivity index (χ0) is 19.0. The van der Waals surface area contributed by atoms with Crippen LogP contribution < -0.4 is 0 Å². The number of likely N-dealkylation sites (N-methyl/N-ethyl adjacent to an activating group) is 1. The average molecular weight is 371 g/mol. The highest BCUT2D eigenvalue weighted by Crippen LogP contribution is 2.41. The molecule has 3 heterocycles. The van der Waals surface area contributed by atoms with Gasteiger partial charge in [0.25, 0.3) is 5.91 Å². The zero-order valence-electron chi connectivity index (χ0n) is 16.1. The number of phenolic OH excluding ortho intramolecular Hbond substituents is 1. The van der Waals surface area contributed by atoms with Crippen LogP contribution in [0.25, 0.3) is 0 Å². The molecule has 146 valence electrons. The summed E-state index contributed by atoms with van der Waals surface area (Å²) in [5.74, 6) is 0.517. The third-order valence-corrected chi connectivity index (χ3v) is 6.73. The summed E-state index contributed by atoms with van der Waals surface area (Å²) < 4.78 is 0. The smallest absolute Gasteiger partial charge is 0.253 e. The maximum absolute atomic E-state index is 12.7. The number of carbonyl (C=O) groups is 2. The fraction of sp³-hybridized carbons (Fsp3) is 0.619. The van der Waals surface area contributed by atoms with Crippen LogP contribution in [0.1, 0.15) is 42.5 Å². The Morgan fingerprint density at radius 1 is 1.11 bits per heavy atom. The summed E-state index contributed by atoms with van der Waals surface area (Å²) in [7, 11) is 2.12. The molecule has 0 aliphatic carbocycles. The SMILES string of the molecule is CN1CCC(N2CC3(CCC2=O)CCN(C(=O)c2ccc(O)cc2)CC3)C1. The van der Waals surface area contributed by atoms with E-state index in [-0.39, 0.29) is 17.1 Å². The quantitative estimate of drug-likeness (QED) is 0.863. The molecule has 1 spiro atoms. The summed E-state index contributed by atoms with van der Waals surface area (Å²) in [5.41, 5.74) is 0.791. The molecule has 4 rings (SSSR count). The number of rotatable bonds is 2. The minimum atomic E-state index is 0.0333. The Hall–Kier alpha value is -2.08. The van der Waals surface area contributed by atoms with Crippen LogP contribution in [0, 0.1) is 5.41 Å². The van der Waals surface area contributed by atoms with Crippen LogP contribution >= 0.6 is 0 Å². The van der Waals surface area contributed by atoms with E-state index in [9.17, 15) is 14.7 Å². The first-order chi connectivity index (χ1) is 13.0. The molecule has 1 aromatic carbocycles. The Kier molecular flexibility index (Phi) is 4.84. The predicted molar refractivity (Wildman–Crippen MR) is 103 cm³/mol. The average Bonchev–Trinajstić information content (AvgIpc) is 3.11. The summed E-state index contributed by atoms with van der Waals surface area (Å²) >= 11 is 0. The number of phenols is 1. The summed E-state index contributed by atoms with van der Waals surface area (Å²) in [4.78, 5) is 31.6. The molecule has 1 N–H and O–H groups in total. The normalized spacial score (nSPS) is 26.0. The topological polar surface area (TPSA) is 64.1 Å². The Morgan fingerprint density at radius 3 is 2.44 bits per heavy atom. The van der Waals surface area contributed by atoms with Crippen molar-refractivity contribution in [1.82, 2.24) is 14.7 Å². The minimum absolute atomic E-state index is 0.0333. The summed E-state index contributed by atoms with van der Waals surface area (Å²) in [5, 5.41) is 9.41. The van der Waals surface area contributed by atoms with Gasteiger partial charge >= 0.3 is 0 Å². The number of likely N-dealkylation sites (tertiary alicyclic amines) is 3. The molecule has 3 aliphatic rings. The van der Waals surface area contributed by atoms with E-state index in [1.54, 1.807) is 24.3 Å². The van der Waals surface area contributed by atoms with E-state index >= 15 is 0 Å². The Labute approximate surface area is 160 Å². The number of benzene rings is 1. The van der Waals surface area contributed by atoms with E-state index < -0.39 is 0 Å². The Bertz CT molecular complexity index is 710. The maximum atomic E-state index is 12.7. The second kappa shape index (κ2) is 7.15. The molecule has 6 nitrogen and oxygen atoms in total. The van der Waals surface area contributed by atoms with Crippen molar-refractivity contribution in [3.63, 3.8) is 0 Å². The first kappa shape index (κ1) is 18.3. The van der Waals surface area contributed by atoms with Crippen LogP contribution in [0.3, 0.4) is 0 Å². The van der Waals surface area contributed by atoms with Crippen LogP contribution in [0.15, 0.2) is 24.3 Å². The van der Waals surface area contributed by atoms with Gasteiger partial charge in [0.15, 0.2) is 0 Å². The number of nitrogens with zero attached hydrogens (tertiary/aromatic N) is 3. The number of amides is 2. The summed E-state index contributed by atoms with van der Waals surface area (Å²) in [6.45, 7) is 4.38. The van der Waals surface area contributed by atoms with E-state index in [1.807, 2.05) is 4.90 Å². The Balaban J connectivity index is 1.39. The number of hydrogen-bond acceptors (Lipinski definition) is 4. The lowest BCUT2D eigenvalue weighted by molar-refractivity contribution is -0.141. The standard InChI is InChI=1S/C21H29N3O3/c1-22-11-7-17(14-22)24-15-21(8-6-19(24)26)9-12-23(13-10-21)20(27)16-2-4-18(25)5-3-16/h2-5,17,25H,6-15H2,1H3. The monoisotopic (exact) mass is 371 g/mol. The van der Waals surface area contributed by atoms with E-state index in [4.69, 9.17) is 0 Å². The van der Waals surface area contributed by atoms with Gasteiger partial charge in [0, 0.05) is 44.2 Å². The van der Waals surface area contributed by atoms with Crippen molar-refractivity contribution in [2.75, 3.05) is 39.8 Å². The van der Waals surface area contributed by atoms with Crippen molar-refractivity contribution in [3.8, 4) is 5.75 Å². The van der Waals surface area contributed by atoms with Gasteiger partial charge in [-0.15, -0.1) is 0 Å². The lowest BCUT2D eigenvalue weighted by Gasteiger charge is -2.49. The van der Waals surface area contributed by atoms with Gasteiger partial charge in [-0.25, -0.2) is 0 Å². The lowest BCUT2D eigenvalue weighted by atomic mass is 9.72. The first-order valence-electron chi connectivity index (χ1n) is 10.0. The summed E-state index contributed by atoms with van der Waals surface area (Å²) in [6, 6.07) is 6.83. The maximum Gasteiger partial charge on any atom is 0.253 e. The van der Waals surface area contributed by atoms with E-state index in [2.05, 4.69) is 16.8 Å². The molecule has 6 heteroatoms. The van der Waals surface area contributed by atoms with Gasteiger partial charge in [-0.05, 0) is 69.0 Å². The van der Waals surface area contributed by atoms with Crippen LogP contribution in [0.2, 0.25) is 0 Å². The lowest BCUT2D eigenvalue weighted by Crippen LogP contribution is -2.55. The fourth-order valence-corrected chi connectivity index (χ4v) is 4.92. The van der Waals surface area contributed by atoms with Crippen molar-refractivity contribution < 1.29 is 14.7 Å². The highest BCUT2D eigenvalue weighted by atomic mass is 16.3. The third-order valence-electron chi connectivity index (χ3n) is 6.73. The number of aromatic hydroxyl groups is 1. The second-order valence-corrected chi connectivity index (χ2v) is 8.57. The van der Waals surface area contributed by atoms with Gasteiger partial charge in [0.05, 0.1) is 0 Å². The molecule has 0 saturated carbocycles. The van der Waals surface area contributed by atoms with Gasteiger partial charge in [0.1, 0.15) is 5.75 Å². The molecule has 3 aliphatic heterocycles. The minimum Gasteiger partial charge on any atom is -0.508 e. The zero-order valence-corrected chi connectivity index (χ0v) is 16.1. The van der Waals surface area contributed by atoms with E-state index in [0.29, 0.717) is 23.9 Å². The highest BCUT2D eigenvalue weighted by Gasteiger charge is 2.44. The number of piperidine rings is 2. The van der Waals surface area contributed by atoms with Crippen LogP contribution in [-0.4, -0.2) is 77.4 Å². The molecule has 1 atom stereocenters. The van der Waals surface area contributed by atoms with Crippen LogP contribution in [-0.2, 0) is 4.79 Å². The molecular formula is C21H29N3O3. The summed E-state index contributed by atoms with van der Waals surface area (Å²) in [6.07, 6.45) is 4.59. The molecule has 0 radical (unpaired) electrons. The highest BCUT2D eigenvalue weighted by molar-refractivity contribution is 5.94. The molecule has 3 fully saturated rings. The second-order valence-electron chi connectivity index (χ2n) is 8.57. The molecule has 27 heavy (non-hydrogen) atoms. The molecule has 1 aromatic rings. The van der Waals surface area contributed by atoms with Crippen LogP contribution in [0.4, 0.5) is 0 Å². The molecule has 0 bridgehead atoms. The van der Waals surface area contributed by atoms with Crippen LogP contribution in [0.5, 0.6) is 5.75 Å². The van der Waals surface area contributed by atoms with Gasteiger partial charge in [0.2, 0.25) is 5.91 Å². The molecule has 1 unspecified atom stereocenters. The molecule has 3 saturated heterocycles. The van der Waals surface area contributed by atoms with Crippen molar-refractivity contribution >= 4 is 11.8 Å². The number of hydrogen-bond donors (Lipinski definition) is 1. The van der Waals surface area contributed by atoms with E-state index in [0.717, 1.165) is 58.4 Å². The third kappa shape index (κ3) is 3.68. The van der Waals surface area contributed by atoms with Gasteiger partial charge in [-0.2, -0.15) is 0 Å². The fourth-order valence-electron chi connectivity index (χ4n) is 4.92. The van der Waals surface area contributed by atoms with Crippen molar-refractivity contribution in [3.05, 3.63) is 29.8 Å². The van der Waals surface area contributed by atoms with Gasteiger partial charge < -0.3 is 19.8 Å². The largest absolute Gasteiger partial charge is 0.508 e. The molecule has 2 amide bonds. The van der Waals surface area contributed by atoms with Crippen molar-refractivity contribution in [2.45, 2.75) is 38.1 Å².